The van der Waals surface area contributed by atoms with Gasteiger partial charge in [0.1, 0.15) is 12.4 Å². The highest BCUT2D eigenvalue weighted by Crippen LogP contribution is 2.31. The fraction of sp³-hybridized carbons (Fsp3) is 0.467. The molecule has 1 fully saturated rings. The first kappa shape index (κ1) is 14.5. The van der Waals surface area contributed by atoms with Gasteiger partial charge in [-0.25, -0.2) is 4.98 Å². The van der Waals surface area contributed by atoms with Crippen molar-refractivity contribution in [2.24, 2.45) is 0 Å². The first-order valence-corrected chi connectivity index (χ1v) is 7.45. The third kappa shape index (κ3) is 2.93. The highest BCUT2D eigenvalue weighted by Gasteiger charge is 2.31. The molecule has 1 unspecified atom stereocenters. The second kappa shape index (κ2) is 6.13. The third-order valence-electron chi connectivity index (χ3n) is 3.88. The number of aryl methyl sites for hydroxylation is 1. The molecule has 22 heavy (non-hydrogen) atoms. The number of nitrogens with one attached hydrogen (secondary N) is 1. The Kier molecular flexibility index (Phi) is 4.04. The number of likely N-dealkylation sites (tertiary alicyclic amines) is 1. The van der Waals surface area contributed by atoms with Crippen LogP contribution in [-0.4, -0.2) is 44.1 Å². The van der Waals surface area contributed by atoms with Gasteiger partial charge in [-0.05, 0) is 25.3 Å². The number of anilines is 1. The Morgan fingerprint density at radius 1 is 1.41 bits per heavy atom. The van der Waals surface area contributed by atoms with Crippen molar-refractivity contribution in [1.82, 2.24) is 24.6 Å². The number of amides is 1. The summed E-state index contributed by atoms with van der Waals surface area (Å²) in [5.41, 5.74) is 1.90. The lowest BCUT2D eigenvalue weighted by atomic mass is 10.1. The summed E-state index contributed by atoms with van der Waals surface area (Å²) < 4.78 is 1.68. The first-order chi connectivity index (χ1) is 10.7. The van der Waals surface area contributed by atoms with Crippen molar-refractivity contribution in [2.75, 3.05) is 18.9 Å². The van der Waals surface area contributed by atoms with Gasteiger partial charge in [-0.3, -0.25) is 14.5 Å². The van der Waals surface area contributed by atoms with Crippen molar-refractivity contribution in [3.8, 4) is 0 Å². The summed E-state index contributed by atoms with van der Waals surface area (Å²) >= 11 is 0. The van der Waals surface area contributed by atoms with Crippen LogP contribution in [0, 0.1) is 6.92 Å². The molecule has 2 aromatic rings. The smallest absolute Gasteiger partial charge is 0.244 e. The van der Waals surface area contributed by atoms with Crippen molar-refractivity contribution in [3.05, 3.63) is 36.0 Å². The van der Waals surface area contributed by atoms with E-state index in [1.165, 1.54) is 0 Å². The molecule has 1 atom stereocenters. The normalized spacial score (nSPS) is 17.7. The predicted molar refractivity (Wildman–Crippen MR) is 82.2 cm³/mol. The average molecular weight is 300 g/mol. The molecular weight excluding hydrogens is 280 g/mol. The molecule has 0 aromatic carbocycles. The maximum absolute atomic E-state index is 12.6. The molecule has 0 saturated carbocycles. The molecule has 7 heteroatoms. The minimum atomic E-state index is 0.00459. The fourth-order valence-corrected chi connectivity index (χ4v) is 2.82. The number of rotatable bonds is 4. The van der Waals surface area contributed by atoms with E-state index >= 15 is 0 Å². The zero-order chi connectivity index (χ0) is 15.5. The monoisotopic (exact) mass is 300 g/mol. The van der Waals surface area contributed by atoms with Gasteiger partial charge >= 0.3 is 0 Å². The second-order valence-electron chi connectivity index (χ2n) is 5.54. The summed E-state index contributed by atoms with van der Waals surface area (Å²) in [5.74, 6) is 0.793. The number of carbonyl (C=O) groups excluding carboxylic acids is 1. The maximum Gasteiger partial charge on any atom is 0.244 e. The van der Waals surface area contributed by atoms with Crippen LogP contribution in [0.1, 0.15) is 30.1 Å². The van der Waals surface area contributed by atoms with Gasteiger partial charge in [0.2, 0.25) is 5.91 Å². The molecule has 2 aromatic heterocycles. The highest BCUT2D eigenvalue weighted by molar-refractivity contribution is 5.76. The quantitative estimate of drug-likeness (QED) is 0.923. The van der Waals surface area contributed by atoms with Crippen LogP contribution in [0.15, 0.2) is 24.8 Å². The Hall–Kier alpha value is -2.44. The summed E-state index contributed by atoms with van der Waals surface area (Å²) in [6, 6.07) is 0.00459. The van der Waals surface area contributed by atoms with Crippen LogP contribution < -0.4 is 5.32 Å². The van der Waals surface area contributed by atoms with Gasteiger partial charge < -0.3 is 10.2 Å². The molecule has 116 valence electrons. The van der Waals surface area contributed by atoms with Crippen molar-refractivity contribution in [1.29, 1.82) is 0 Å². The molecule has 1 aliphatic rings. The summed E-state index contributed by atoms with van der Waals surface area (Å²) in [4.78, 5) is 23.2. The number of hydrogen-bond acceptors (Lipinski definition) is 5. The van der Waals surface area contributed by atoms with Gasteiger partial charge in [0.05, 0.1) is 30.3 Å². The number of nitrogens with zero attached hydrogens (tertiary/aromatic N) is 5. The molecule has 7 nitrogen and oxygen atoms in total. The van der Waals surface area contributed by atoms with Gasteiger partial charge in [0, 0.05) is 19.8 Å². The average Bonchev–Trinajstić information content (AvgIpc) is 3.16. The Balaban J connectivity index is 1.75. The largest absolute Gasteiger partial charge is 0.372 e. The molecule has 1 amide bonds. The van der Waals surface area contributed by atoms with E-state index in [9.17, 15) is 4.79 Å². The molecule has 3 rings (SSSR count). The van der Waals surface area contributed by atoms with Crippen molar-refractivity contribution >= 4 is 11.7 Å². The summed E-state index contributed by atoms with van der Waals surface area (Å²) in [7, 11) is 1.81. The second-order valence-corrected chi connectivity index (χ2v) is 5.54. The molecule has 0 radical (unpaired) electrons. The lowest BCUT2D eigenvalue weighted by molar-refractivity contribution is -0.133. The van der Waals surface area contributed by atoms with Gasteiger partial charge in [0.25, 0.3) is 0 Å². The first-order valence-electron chi connectivity index (χ1n) is 7.45. The predicted octanol–water partition coefficient (Wildman–Crippen LogP) is 1.39. The minimum Gasteiger partial charge on any atom is -0.372 e. The van der Waals surface area contributed by atoms with E-state index in [0.717, 1.165) is 36.5 Å². The summed E-state index contributed by atoms with van der Waals surface area (Å²) in [6.07, 6.45) is 8.97. The van der Waals surface area contributed by atoms with Crippen molar-refractivity contribution in [2.45, 2.75) is 32.4 Å². The topological polar surface area (TPSA) is 75.9 Å². The standard InChI is InChI=1S/C15H20N6O/c1-11-6-18-20(9-11)10-15(22)21-5-3-4-13(21)12-7-17-8-14(16-2)19-12/h6-9,13H,3-5,10H2,1-2H3,(H,16,19). The molecule has 0 spiro atoms. The lowest BCUT2D eigenvalue weighted by Gasteiger charge is -2.24. The molecule has 0 aliphatic carbocycles. The van der Waals surface area contributed by atoms with Crippen molar-refractivity contribution < 1.29 is 4.79 Å². The van der Waals surface area contributed by atoms with E-state index in [1.54, 1.807) is 23.3 Å². The van der Waals surface area contributed by atoms with E-state index in [2.05, 4.69) is 20.4 Å². The van der Waals surface area contributed by atoms with Crippen LogP contribution in [0.2, 0.25) is 0 Å². The minimum absolute atomic E-state index is 0.00459. The van der Waals surface area contributed by atoms with Crippen LogP contribution in [-0.2, 0) is 11.3 Å². The number of hydrogen-bond donors (Lipinski definition) is 1. The fourth-order valence-electron chi connectivity index (χ4n) is 2.82. The Morgan fingerprint density at radius 2 is 2.27 bits per heavy atom. The summed E-state index contributed by atoms with van der Waals surface area (Å²) in [6.45, 7) is 2.99. The molecule has 1 aliphatic heterocycles. The SMILES string of the molecule is CNc1cncc(C2CCCN2C(=O)Cn2cc(C)cn2)n1. The zero-order valence-electron chi connectivity index (χ0n) is 12.9. The van der Waals surface area contributed by atoms with Gasteiger partial charge in [-0.2, -0.15) is 5.10 Å². The molecule has 1 N–H and O–H groups in total. The summed E-state index contributed by atoms with van der Waals surface area (Å²) in [5, 5.41) is 7.17. The molecule has 3 heterocycles. The van der Waals surface area contributed by atoms with Crippen molar-refractivity contribution in [3.63, 3.8) is 0 Å². The maximum atomic E-state index is 12.6. The van der Waals surface area contributed by atoms with Crippen LogP contribution >= 0.6 is 0 Å². The Morgan fingerprint density at radius 3 is 3.00 bits per heavy atom. The van der Waals surface area contributed by atoms with E-state index in [1.807, 2.05) is 25.1 Å². The molecule has 1 saturated heterocycles. The lowest BCUT2D eigenvalue weighted by Crippen LogP contribution is -2.34. The number of aromatic nitrogens is 4. The van der Waals surface area contributed by atoms with Crippen LogP contribution in [0.4, 0.5) is 5.82 Å². The van der Waals surface area contributed by atoms with Gasteiger partial charge in [0.15, 0.2) is 0 Å². The van der Waals surface area contributed by atoms with Crippen LogP contribution in [0.25, 0.3) is 0 Å². The van der Waals surface area contributed by atoms with Gasteiger partial charge in [-0.1, -0.05) is 0 Å². The third-order valence-corrected chi connectivity index (χ3v) is 3.88. The molecule has 0 bridgehead atoms. The highest BCUT2D eigenvalue weighted by atomic mass is 16.2. The molecular formula is C15H20N6O. The van der Waals surface area contributed by atoms with Crippen LogP contribution in [0.5, 0.6) is 0 Å². The van der Waals surface area contributed by atoms with E-state index in [-0.39, 0.29) is 18.5 Å². The number of carbonyl (C=O) groups is 1. The van der Waals surface area contributed by atoms with Crippen LogP contribution in [0.3, 0.4) is 0 Å². The van der Waals surface area contributed by atoms with E-state index in [0.29, 0.717) is 0 Å². The van der Waals surface area contributed by atoms with Gasteiger partial charge in [-0.15, -0.1) is 0 Å². The zero-order valence-corrected chi connectivity index (χ0v) is 12.9. The Bertz CT molecular complexity index is 668. The van der Waals surface area contributed by atoms with E-state index < -0.39 is 0 Å². The Labute approximate surface area is 129 Å². The van der Waals surface area contributed by atoms with E-state index in [4.69, 9.17) is 0 Å².